The molecular weight excluding hydrogens is 471 g/mol. The predicted molar refractivity (Wildman–Crippen MR) is 137 cm³/mol. The van der Waals surface area contributed by atoms with Crippen molar-refractivity contribution in [2.24, 2.45) is 0 Å². The van der Waals surface area contributed by atoms with E-state index < -0.39 is 0 Å². The van der Waals surface area contributed by atoms with Gasteiger partial charge in [-0.05, 0) is 31.3 Å². The van der Waals surface area contributed by atoms with Gasteiger partial charge >= 0.3 is 0 Å². The van der Waals surface area contributed by atoms with Crippen LogP contribution in [0.5, 0.6) is 0 Å². The number of hydrogen-bond acceptors (Lipinski definition) is 9. The highest BCUT2D eigenvalue weighted by molar-refractivity contribution is 6.32. The van der Waals surface area contributed by atoms with E-state index in [1.165, 1.54) is 6.33 Å². The highest BCUT2D eigenvalue weighted by atomic mass is 35.5. The molecule has 35 heavy (non-hydrogen) atoms. The second kappa shape index (κ2) is 10.2. The number of rotatable bonds is 5. The summed E-state index contributed by atoms with van der Waals surface area (Å²) < 4.78 is 20.9. The topological polar surface area (TPSA) is 95.7 Å². The zero-order valence-electron chi connectivity index (χ0n) is 19.5. The maximum absolute atomic E-state index is 15.5. The number of ether oxygens (including phenoxy) is 1. The standard InChI is InChI=1S/C24H28ClFN8O/c1-32-4-6-33(7-5-32)20-13-18(26)17(12-19(20)31-24-22(27)23(25)29-15-30-24)16-2-3-21(28-14-16)34-8-10-35-11-9-34/h2-3,12-15H,4-11,27H2,1H3,(H,29,30,31). The van der Waals surface area contributed by atoms with Crippen molar-refractivity contribution in [3.05, 3.63) is 47.8 Å². The van der Waals surface area contributed by atoms with E-state index >= 15 is 4.39 Å². The lowest BCUT2D eigenvalue weighted by atomic mass is 10.0. The van der Waals surface area contributed by atoms with Crippen LogP contribution in [-0.2, 0) is 4.74 Å². The minimum absolute atomic E-state index is 0.161. The lowest BCUT2D eigenvalue weighted by Crippen LogP contribution is -2.44. The lowest BCUT2D eigenvalue weighted by Gasteiger charge is -2.35. The highest BCUT2D eigenvalue weighted by Gasteiger charge is 2.22. The fraction of sp³-hybridized carbons (Fsp3) is 0.375. The fourth-order valence-electron chi connectivity index (χ4n) is 4.32. The van der Waals surface area contributed by atoms with Crippen molar-refractivity contribution in [2.45, 2.75) is 0 Å². The molecule has 0 saturated carbocycles. The number of piperazine rings is 1. The molecule has 0 atom stereocenters. The molecule has 0 spiro atoms. The Labute approximate surface area is 208 Å². The SMILES string of the molecule is CN1CCN(c2cc(F)c(-c3ccc(N4CCOCC4)nc3)cc2Nc2ncnc(Cl)c2N)CC1. The van der Waals surface area contributed by atoms with Gasteiger partial charge < -0.3 is 30.5 Å². The number of benzene rings is 1. The predicted octanol–water partition coefficient (Wildman–Crippen LogP) is 3.25. The van der Waals surface area contributed by atoms with E-state index in [1.807, 2.05) is 12.1 Å². The number of nitrogens with one attached hydrogen (secondary N) is 1. The van der Waals surface area contributed by atoms with Crippen LogP contribution in [0.4, 0.5) is 33.1 Å². The Morgan fingerprint density at radius 2 is 1.77 bits per heavy atom. The van der Waals surface area contributed by atoms with Crippen molar-refractivity contribution in [2.75, 3.05) is 80.4 Å². The van der Waals surface area contributed by atoms with Gasteiger partial charge in [-0.3, -0.25) is 0 Å². The van der Waals surface area contributed by atoms with Gasteiger partial charge in [-0.1, -0.05) is 11.6 Å². The second-order valence-electron chi connectivity index (χ2n) is 8.70. The van der Waals surface area contributed by atoms with Crippen molar-refractivity contribution >= 4 is 40.3 Å². The summed E-state index contributed by atoms with van der Waals surface area (Å²) in [6.45, 7) is 6.26. The summed E-state index contributed by atoms with van der Waals surface area (Å²) in [6, 6.07) is 7.16. The van der Waals surface area contributed by atoms with Gasteiger partial charge in [0.05, 0.1) is 24.6 Å². The Hall–Kier alpha value is -3.21. The monoisotopic (exact) mass is 498 g/mol. The molecule has 4 heterocycles. The summed E-state index contributed by atoms with van der Waals surface area (Å²) in [4.78, 5) is 19.3. The molecule has 2 aliphatic rings. The Morgan fingerprint density at radius 3 is 2.49 bits per heavy atom. The molecular formula is C24H28ClFN8O. The van der Waals surface area contributed by atoms with E-state index in [4.69, 9.17) is 22.1 Å². The van der Waals surface area contributed by atoms with Gasteiger partial charge in [-0.15, -0.1) is 0 Å². The number of nitrogens with two attached hydrogens (primary N) is 1. The largest absolute Gasteiger partial charge is 0.393 e. The Balaban J connectivity index is 1.51. The van der Waals surface area contributed by atoms with Gasteiger partial charge in [0.25, 0.3) is 0 Å². The van der Waals surface area contributed by atoms with E-state index in [1.54, 1.807) is 18.3 Å². The molecule has 3 aromatic rings. The summed E-state index contributed by atoms with van der Waals surface area (Å²) >= 11 is 6.10. The van der Waals surface area contributed by atoms with Crippen molar-refractivity contribution in [3.63, 3.8) is 0 Å². The van der Waals surface area contributed by atoms with Crippen molar-refractivity contribution in [1.82, 2.24) is 19.9 Å². The van der Waals surface area contributed by atoms with Crippen LogP contribution in [0.25, 0.3) is 11.1 Å². The van der Waals surface area contributed by atoms with Gasteiger partial charge in [0.1, 0.15) is 23.6 Å². The number of aromatic nitrogens is 3. The first-order chi connectivity index (χ1) is 17.0. The van der Waals surface area contributed by atoms with E-state index in [2.05, 4.69) is 42.0 Å². The molecule has 2 aromatic heterocycles. The maximum atomic E-state index is 15.5. The summed E-state index contributed by atoms with van der Waals surface area (Å²) in [6.07, 6.45) is 3.05. The minimum atomic E-state index is -0.320. The number of likely N-dealkylation sites (N-methyl/N-ethyl adjacent to an activating group) is 1. The molecule has 1 aromatic carbocycles. The summed E-state index contributed by atoms with van der Waals surface area (Å²) in [5.74, 6) is 0.908. The molecule has 0 radical (unpaired) electrons. The highest BCUT2D eigenvalue weighted by Crippen LogP contribution is 2.37. The van der Waals surface area contributed by atoms with Crippen molar-refractivity contribution < 1.29 is 9.13 Å². The third-order valence-electron chi connectivity index (χ3n) is 6.41. The average Bonchev–Trinajstić information content (AvgIpc) is 2.89. The summed E-state index contributed by atoms with van der Waals surface area (Å²) in [5.41, 5.74) is 8.89. The third-order valence-corrected chi connectivity index (χ3v) is 6.71. The molecule has 0 aliphatic carbocycles. The lowest BCUT2D eigenvalue weighted by molar-refractivity contribution is 0.122. The number of nitrogens with zero attached hydrogens (tertiary/aromatic N) is 6. The van der Waals surface area contributed by atoms with Crippen molar-refractivity contribution in [1.29, 1.82) is 0 Å². The van der Waals surface area contributed by atoms with Crippen molar-refractivity contribution in [3.8, 4) is 11.1 Å². The number of halogens is 2. The molecule has 11 heteroatoms. The molecule has 2 fully saturated rings. The van der Waals surface area contributed by atoms with Crippen LogP contribution in [0.15, 0.2) is 36.8 Å². The van der Waals surface area contributed by atoms with Gasteiger partial charge in [0, 0.05) is 56.6 Å². The number of morpholine rings is 1. The van der Waals surface area contributed by atoms with E-state index in [-0.39, 0.29) is 16.7 Å². The first kappa shape index (κ1) is 23.5. The summed E-state index contributed by atoms with van der Waals surface area (Å²) in [7, 11) is 2.08. The normalized spacial score (nSPS) is 17.0. The minimum Gasteiger partial charge on any atom is -0.393 e. The first-order valence-corrected chi connectivity index (χ1v) is 12.0. The molecule has 184 valence electrons. The Bertz CT molecular complexity index is 1180. The molecule has 0 bridgehead atoms. The van der Waals surface area contributed by atoms with Crippen LogP contribution in [0.2, 0.25) is 5.15 Å². The van der Waals surface area contributed by atoms with Crippen LogP contribution in [0.1, 0.15) is 0 Å². The van der Waals surface area contributed by atoms with Crippen LogP contribution in [-0.4, -0.2) is 79.4 Å². The fourth-order valence-corrected chi connectivity index (χ4v) is 4.45. The Kier molecular flexibility index (Phi) is 6.85. The number of pyridine rings is 1. The molecule has 5 rings (SSSR count). The zero-order chi connectivity index (χ0) is 24.4. The van der Waals surface area contributed by atoms with Crippen LogP contribution < -0.4 is 20.9 Å². The van der Waals surface area contributed by atoms with E-state index in [0.29, 0.717) is 35.8 Å². The van der Waals surface area contributed by atoms with Gasteiger partial charge in [0.2, 0.25) is 0 Å². The third kappa shape index (κ3) is 5.09. The number of anilines is 5. The zero-order valence-corrected chi connectivity index (χ0v) is 20.3. The van der Waals surface area contributed by atoms with E-state index in [9.17, 15) is 0 Å². The Morgan fingerprint density at radius 1 is 1.00 bits per heavy atom. The maximum Gasteiger partial charge on any atom is 0.158 e. The summed E-state index contributed by atoms with van der Waals surface area (Å²) in [5, 5.41) is 3.43. The quantitative estimate of drug-likeness (QED) is 0.514. The van der Waals surface area contributed by atoms with E-state index in [0.717, 1.165) is 50.8 Å². The van der Waals surface area contributed by atoms with Crippen LogP contribution >= 0.6 is 11.6 Å². The van der Waals surface area contributed by atoms with Gasteiger partial charge in [-0.25, -0.2) is 19.3 Å². The smallest absolute Gasteiger partial charge is 0.158 e. The molecule has 2 aliphatic heterocycles. The molecule has 3 N–H and O–H groups in total. The first-order valence-electron chi connectivity index (χ1n) is 11.6. The van der Waals surface area contributed by atoms with Gasteiger partial charge in [-0.2, -0.15) is 0 Å². The van der Waals surface area contributed by atoms with Crippen LogP contribution in [0, 0.1) is 5.82 Å². The average molecular weight is 499 g/mol. The molecule has 2 saturated heterocycles. The van der Waals surface area contributed by atoms with Crippen LogP contribution in [0.3, 0.4) is 0 Å². The van der Waals surface area contributed by atoms with Gasteiger partial charge in [0.15, 0.2) is 11.0 Å². The molecule has 0 unspecified atom stereocenters. The molecule has 9 nitrogen and oxygen atoms in total. The molecule has 0 amide bonds. The number of nitrogen functional groups attached to an aromatic ring is 1. The number of hydrogen-bond donors (Lipinski definition) is 2. The second-order valence-corrected chi connectivity index (χ2v) is 9.05.